The third-order valence-electron chi connectivity index (χ3n) is 4.34. The summed E-state index contributed by atoms with van der Waals surface area (Å²) in [6.45, 7) is 0. The Morgan fingerprint density at radius 3 is 2.33 bits per heavy atom. The summed E-state index contributed by atoms with van der Waals surface area (Å²) >= 11 is 5.83. The van der Waals surface area contributed by atoms with E-state index in [1.807, 2.05) is 12.1 Å². The topological polar surface area (TPSA) is 54.0 Å². The van der Waals surface area contributed by atoms with Crippen molar-refractivity contribution in [2.75, 3.05) is 10.6 Å². The van der Waals surface area contributed by atoms with Crippen molar-refractivity contribution in [2.45, 2.75) is 44.6 Å². The number of nitrogens with one attached hydrogen (secondary N) is 2. The van der Waals surface area contributed by atoms with E-state index in [2.05, 4.69) is 15.6 Å². The minimum absolute atomic E-state index is 0.191. The smallest absolute Gasteiger partial charge is 0.256 e. The van der Waals surface area contributed by atoms with Gasteiger partial charge in [-0.1, -0.05) is 37.3 Å². The molecular formula is C19H22ClN3O. The van der Waals surface area contributed by atoms with Gasteiger partial charge in [0.05, 0.1) is 11.9 Å². The molecule has 24 heavy (non-hydrogen) atoms. The number of amides is 1. The fourth-order valence-electron chi connectivity index (χ4n) is 3.00. The summed E-state index contributed by atoms with van der Waals surface area (Å²) < 4.78 is 0. The normalized spacial score (nSPS) is 15.5. The van der Waals surface area contributed by atoms with Crippen LogP contribution in [0, 0.1) is 0 Å². The summed E-state index contributed by atoms with van der Waals surface area (Å²) in [5, 5.41) is 6.96. The maximum Gasteiger partial charge on any atom is 0.256 e. The van der Waals surface area contributed by atoms with E-state index in [-0.39, 0.29) is 5.91 Å². The predicted octanol–water partition coefficient (Wildman–Crippen LogP) is 5.12. The van der Waals surface area contributed by atoms with Crippen LogP contribution in [0.2, 0.25) is 5.02 Å². The lowest BCUT2D eigenvalue weighted by molar-refractivity contribution is 0.102. The molecule has 1 aliphatic rings. The highest BCUT2D eigenvalue weighted by Gasteiger charge is 2.12. The van der Waals surface area contributed by atoms with Gasteiger partial charge in [-0.2, -0.15) is 0 Å². The summed E-state index contributed by atoms with van der Waals surface area (Å²) in [7, 11) is 0. The SMILES string of the molecule is O=C(Nc1ccc(NC2CCCCCC2)cn1)c1ccc(Cl)cc1. The molecule has 1 saturated carbocycles. The van der Waals surface area contributed by atoms with E-state index in [9.17, 15) is 4.79 Å². The van der Waals surface area contributed by atoms with E-state index in [0.29, 0.717) is 22.4 Å². The van der Waals surface area contributed by atoms with Crippen molar-refractivity contribution in [1.82, 2.24) is 4.98 Å². The lowest BCUT2D eigenvalue weighted by atomic mass is 10.1. The number of hydrogen-bond acceptors (Lipinski definition) is 3. The quantitative estimate of drug-likeness (QED) is 0.757. The zero-order valence-corrected chi connectivity index (χ0v) is 14.4. The molecule has 0 atom stereocenters. The van der Waals surface area contributed by atoms with Gasteiger partial charge in [-0.3, -0.25) is 4.79 Å². The van der Waals surface area contributed by atoms with Crippen LogP contribution in [0.5, 0.6) is 0 Å². The fourth-order valence-corrected chi connectivity index (χ4v) is 3.13. The molecule has 0 bridgehead atoms. The van der Waals surface area contributed by atoms with Gasteiger partial charge in [0.1, 0.15) is 5.82 Å². The van der Waals surface area contributed by atoms with Crippen molar-refractivity contribution >= 4 is 29.0 Å². The molecule has 4 nitrogen and oxygen atoms in total. The predicted molar refractivity (Wildman–Crippen MR) is 98.8 cm³/mol. The number of carbonyl (C=O) groups is 1. The van der Waals surface area contributed by atoms with Crippen molar-refractivity contribution in [1.29, 1.82) is 0 Å². The van der Waals surface area contributed by atoms with Gasteiger partial charge in [-0.05, 0) is 49.2 Å². The Morgan fingerprint density at radius 2 is 1.71 bits per heavy atom. The Kier molecular flexibility index (Phi) is 5.70. The summed E-state index contributed by atoms with van der Waals surface area (Å²) in [5.41, 5.74) is 1.56. The van der Waals surface area contributed by atoms with Crippen LogP contribution >= 0.6 is 11.6 Å². The van der Waals surface area contributed by atoms with E-state index in [4.69, 9.17) is 11.6 Å². The number of rotatable bonds is 4. The van der Waals surface area contributed by atoms with Gasteiger partial charge < -0.3 is 10.6 Å². The lowest BCUT2D eigenvalue weighted by Gasteiger charge is -2.17. The molecule has 1 amide bonds. The number of benzene rings is 1. The molecule has 0 spiro atoms. The van der Waals surface area contributed by atoms with Crippen LogP contribution in [0.15, 0.2) is 42.6 Å². The molecule has 1 aromatic carbocycles. The van der Waals surface area contributed by atoms with Gasteiger partial charge >= 0.3 is 0 Å². The fraction of sp³-hybridized carbons (Fsp3) is 0.368. The maximum absolute atomic E-state index is 12.2. The van der Waals surface area contributed by atoms with Gasteiger partial charge in [0, 0.05) is 16.6 Å². The standard InChI is InChI=1S/C19H22ClN3O/c20-15-9-7-14(8-10-15)19(24)23-18-12-11-17(13-21-18)22-16-5-3-1-2-4-6-16/h7-13,16,22H,1-6H2,(H,21,23,24). The Morgan fingerprint density at radius 1 is 1.00 bits per heavy atom. The molecule has 0 unspecified atom stereocenters. The Balaban J connectivity index is 1.57. The zero-order chi connectivity index (χ0) is 16.8. The van der Waals surface area contributed by atoms with Crippen LogP contribution in [0.4, 0.5) is 11.5 Å². The average Bonchev–Trinajstić information content (AvgIpc) is 2.86. The molecule has 1 fully saturated rings. The summed E-state index contributed by atoms with van der Waals surface area (Å²) in [6.07, 6.45) is 9.48. The third kappa shape index (κ3) is 4.71. The van der Waals surface area contributed by atoms with E-state index < -0.39 is 0 Å². The highest BCUT2D eigenvalue weighted by molar-refractivity contribution is 6.30. The van der Waals surface area contributed by atoms with Crippen LogP contribution < -0.4 is 10.6 Å². The summed E-state index contributed by atoms with van der Waals surface area (Å²) in [6, 6.07) is 11.1. The zero-order valence-electron chi connectivity index (χ0n) is 13.6. The molecule has 1 aliphatic carbocycles. The Labute approximate surface area is 147 Å². The largest absolute Gasteiger partial charge is 0.381 e. The minimum Gasteiger partial charge on any atom is -0.381 e. The van der Waals surface area contributed by atoms with Crippen LogP contribution in [0.3, 0.4) is 0 Å². The molecule has 2 N–H and O–H groups in total. The van der Waals surface area contributed by atoms with Crippen LogP contribution in [-0.4, -0.2) is 16.9 Å². The van der Waals surface area contributed by atoms with Gasteiger partial charge in [-0.25, -0.2) is 4.98 Å². The second kappa shape index (κ2) is 8.15. The molecule has 0 radical (unpaired) electrons. The number of aromatic nitrogens is 1. The molecule has 126 valence electrons. The van der Waals surface area contributed by atoms with Crippen LogP contribution in [0.25, 0.3) is 0 Å². The Bertz CT molecular complexity index is 662. The molecule has 0 aliphatic heterocycles. The minimum atomic E-state index is -0.191. The van der Waals surface area contributed by atoms with Crippen molar-refractivity contribution < 1.29 is 4.79 Å². The van der Waals surface area contributed by atoms with E-state index in [1.54, 1.807) is 30.5 Å². The second-order valence-corrected chi connectivity index (χ2v) is 6.66. The number of nitrogens with zero attached hydrogens (tertiary/aromatic N) is 1. The molecule has 0 saturated heterocycles. The molecule has 1 aromatic heterocycles. The third-order valence-corrected chi connectivity index (χ3v) is 4.59. The lowest BCUT2D eigenvalue weighted by Crippen LogP contribution is -2.18. The van der Waals surface area contributed by atoms with Crippen molar-refractivity contribution in [3.63, 3.8) is 0 Å². The number of hydrogen-bond donors (Lipinski definition) is 2. The molecule has 1 heterocycles. The number of anilines is 2. The number of pyridine rings is 1. The van der Waals surface area contributed by atoms with E-state index in [1.165, 1.54) is 38.5 Å². The van der Waals surface area contributed by atoms with Gasteiger partial charge in [0.2, 0.25) is 0 Å². The van der Waals surface area contributed by atoms with Crippen molar-refractivity contribution in [2.24, 2.45) is 0 Å². The first-order valence-electron chi connectivity index (χ1n) is 8.50. The summed E-state index contributed by atoms with van der Waals surface area (Å²) in [5.74, 6) is 0.352. The molecule has 3 rings (SSSR count). The average molecular weight is 344 g/mol. The number of halogens is 1. The highest BCUT2D eigenvalue weighted by atomic mass is 35.5. The van der Waals surface area contributed by atoms with Crippen molar-refractivity contribution in [3.8, 4) is 0 Å². The van der Waals surface area contributed by atoms with Gasteiger partial charge in [0.15, 0.2) is 0 Å². The van der Waals surface area contributed by atoms with Gasteiger partial charge in [-0.15, -0.1) is 0 Å². The number of carbonyl (C=O) groups excluding carboxylic acids is 1. The van der Waals surface area contributed by atoms with Crippen molar-refractivity contribution in [3.05, 3.63) is 53.2 Å². The molecule has 5 heteroatoms. The second-order valence-electron chi connectivity index (χ2n) is 6.23. The van der Waals surface area contributed by atoms with Crippen LogP contribution in [0.1, 0.15) is 48.9 Å². The van der Waals surface area contributed by atoms with E-state index in [0.717, 1.165) is 5.69 Å². The van der Waals surface area contributed by atoms with Crippen LogP contribution in [-0.2, 0) is 0 Å². The first-order valence-corrected chi connectivity index (χ1v) is 8.88. The molecule has 2 aromatic rings. The van der Waals surface area contributed by atoms with E-state index >= 15 is 0 Å². The monoisotopic (exact) mass is 343 g/mol. The Hall–Kier alpha value is -2.07. The highest BCUT2D eigenvalue weighted by Crippen LogP contribution is 2.21. The summed E-state index contributed by atoms with van der Waals surface area (Å²) in [4.78, 5) is 16.5. The van der Waals surface area contributed by atoms with Gasteiger partial charge in [0.25, 0.3) is 5.91 Å². The maximum atomic E-state index is 12.2. The molecular weight excluding hydrogens is 322 g/mol. The first kappa shape index (κ1) is 16.8. The first-order chi connectivity index (χ1) is 11.7.